The number of nitrogens with zero attached hydrogens (tertiary/aromatic N) is 2. The van der Waals surface area contributed by atoms with Crippen LogP contribution >= 0.6 is 0 Å². The quantitative estimate of drug-likeness (QED) is 0.819. The van der Waals surface area contributed by atoms with E-state index in [-0.39, 0.29) is 23.5 Å². The molecule has 0 aliphatic carbocycles. The van der Waals surface area contributed by atoms with Crippen molar-refractivity contribution in [3.8, 4) is 0 Å². The normalized spacial score (nSPS) is 24.6. The summed E-state index contributed by atoms with van der Waals surface area (Å²) >= 11 is 0. The number of carbonyl (C=O) groups is 2. The zero-order valence-corrected chi connectivity index (χ0v) is 16.0. The van der Waals surface area contributed by atoms with Crippen molar-refractivity contribution in [1.82, 2.24) is 9.21 Å². The third-order valence-electron chi connectivity index (χ3n) is 4.87. The van der Waals surface area contributed by atoms with E-state index < -0.39 is 34.1 Å². The lowest BCUT2D eigenvalue weighted by Gasteiger charge is -2.35. The highest BCUT2D eigenvalue weighted by atomic mass is 32.2. The van der Waals surface area contributed by atoms with Crippen LogP contribution in [0, 0.1) is 0 Å². The molecule has 8 nitrogen and oxygen atoms in total. The monoisotopic (exact) mass is 396 g/mol. The van der Waals surface area contributed by atoms with Crippen molar-refractivity contribution >= 4 is 21.9 Å². The van der Waals surface area contributed by atoms with Gasteiger partial charge in [-0.05, 0) is 31.9 Å². The first kappa shape index (κ1) is 19.8. The second kappa shape index (κ2) is 7.95. The van der Waals surface area contributed by atoms with Crippen molar-refractivity contribution in [1.29, 1.82) is 0 Å². The van der Waals surface area contributed by atoms with Gasteiger partial charge in [0.15, 0.2) is 6.10 Å². The highest BCUT2D eigenvalue weighted by molar-refractivity contribution is 7.89. The Morgan fingerprint density at radius 2 is 1.78 bits per heavy atom. The molecule has 2 atom stereocenters. The van der Waals surface area contributed by atoms with Gasteiger partial charge in [-0.25, -0.2) is 13.2 Å². The lowest BCUT2D eigenvalue weighted by atomic mass is 10.1. The molecule has 1 aromatic rings. The molecule has 148 valence electrons. The van der Waals surface area contributed by atoms with E-state index in [9.17, 15) is 23.1 Å². The summed E-state index contributed by atoms with van der Waals surface area (Å²) in [6.45, 7) is 2.67. The van der Waals surface area contributed by atoms with Crippen LogP contribution in [0.1, 0.15) is 36.5 Å². The highest BCUT2D eigenvalue weighted by Crippen LogP contribution is 2.25. The SMILES string of the molecule is C[C@@H]1CN(C(=O)c2ccccc2S(=O)(=O)N2CCCCC2)CC(C(=O)O)O1. The van der Waals surface area contributed by atoms with Crippen LogP contribution in [0.15, 0.2) is 29.2 Å². The topological polar surface area (TPSA) is 104 Å². The molecular weight excluding hydrogens is 372 g/mol. The Balaban J connectivity index is 1.91. The van der Waals surface area contributed by atoms with E-state index in [2.05, 4.69) is 0 Å². The minimum absolute atomic E-state index is 0.0251. The molecule has 3 rings (SSSR count). The first-order chi connectivity index (χ1) is 12.8. The standard InChI is InChI=1S/C18H24N2O6S/c1-13-11-19(12-15(26-13)18(22)23)17(21)14-7-3-4-8-16(14)27(24,25)20-9-5-2-6-10-20/h3-4,7-8,13,15H,2,5-6,9-12H2,1H3,(H,22,23)/t13-,15?/m1/s1. The van der Waals surface area contributed by atoms with Crippen molar-refractivity contribution < 1.29 is 27.9 Å². The molecule has 0 saturated carbocycles. The maximum Gasteiger partial charge on any atom is 0.334 e. The van der Waals surface area contributed by atoms with Crippen LogP contribution in [0.25, 0.3) is 0 Å². The second-order valence-electron chi connectivity index (χ2n) is 6.94. The molecular formula is C18H24N2O6S. The number of piperidine rings is 1. The molecule has 9 heteroatoms. The van der Waals surface area contributed by atoms with E-state index in [0.29, 0.717) is 13.1 Å². The van der Waals surface area contributed by atoms with Gasteiger partial charge >= 0.3 is 5.97 Å². The number of carboxylic acid groups (broad SMARTS) is 1. The number of ether oxygens (including phenoxy) is 1. The molecule has 1 N–H and O–H groups in total. The fourth-order valence-corrected chi connectivity index (χ4v) is 5.24. The summed E-state index contributed by atoms with van der Waals surface area (Å²) in [5.74, 6) is -1.64. The van der Waals surface area contributed by atoms with E-state index in [1.54, 1.807) is 19.1 Å². The van der Waals surface area contributed by atoms with E-state index in [1.807, 2.05) is 0 Å². The van der Waals surface area contributed by atoms with E-state index in [1.165, 1.54) is 21.3 Å². The molecule has 2 aliphatic rings. The minimum atomic E-state index is -3.78. The molecule has 2 saturated heterocycles. The number of rotatable bonds is 4. The zero-order valence-electron chi connectivity index (χ0n) is 15.2. The van der Waals surface area contributed by atoms with Gasteiger partial charge in [0.1, 0.15) is 0 Å². The fraction of sp³-hybridized carbons (Fsp3) is 0.556. The largest absolute Gasteiger partial charge is 0.479 e. The molecule has 2 heterocycles. The fourth-order valence-electron chi connectivity index (χ4n) is 3.54. The molecule has 2 aliphatic heterocycles. The highest BCUT2D eigenvalue weighted by Gasteiger charge is 2.36. The maximum absolute atomic E-state index is 13.1. The van der Waals surface area contributed by atoms with Gasteiger partial charge in [-0.2, -0.15) is 4.31 Å². The van der Waals surface area contributed by atoms with E-state index in [0.717, 1.165) is 19.3 Å². The van der Waals surface area contributed by atoms with Crippen LogP contribution in [-0.2, 0) is 19.6 Å². The van der Waals surface area contributed by atoms with Gasteiger partial charge in [-0.3, -0.25) is 4.79 Å². The number of carboxylic acids is 1. The number of hydrogen-bond donors (Lipinski definition) is 1. The minimum Gasteiger partial charge on any atom is -0.479 e. The van der Waals surface area contributed by atoms with E-state index in [4.69, 9.17) is 4.74 Å². The predicted octanol–water partition coefficient (Wildman–Crippen LogP) is 1.18. The Hall–Kier alpha value is -1.97. The average Bonchev–Trinajstić information content (AvgIpc) is 2.67. The Bertz CT molecular complexity index is 819. The Kier molecular flexibility index (Phi) is 5.83. The van der Waals surface area contributed by atoms with Gasteiger partial charge in [0.2, 0.25) is 10.0 Å². The van der Waals surface area contributed by atoms with Gasteiger partial charge in [0.25, 0.3) is 5.91 Å². The molecule has 1 unspecified atom stereocenters. The summed E-state index contributed by atoms with van der Waals surface area (Å²) in [4.78, 5) is 25.7. The summed E-state index contributed by atoms with van der Waals surface area (Å²) in [5, 5.41) is 9.21. The summed E-state index contributed by atoms with van der Waals surface area (Å²) in [7, 11) is -3.78. The molecule has 1 aromatic carbocycles. The van der Waals surface area contributed by atoms with Gasteiger partial charge in [0, 0.05) is 19.6 Å². The van der Waals surface area contributed by atoms with Crippen molar-refractivity contribution in [2.45, 2.75) is 43.3 Å². The lowest BCUT2D eigenvalue weighted by Crippen LogP contribution is -2.52. The molecule has 0 radical (unpaired) electrons. The molecule has 0 aromatic heterocycles. The average molecular weight is 396 g/mol. The number of aliphatic carboxylic acids is 1. The first-order valence-corrected chi connectivity index (χ1v) is 10.5. The zero-order chi connectivity index (χ0) is 19.6. The number of amides is 1. The van der Waals surface area contributed by atoms with Gasteiger partial charge < -0.3 is 14.7 Å². The lowest BCUT2D eigenvalue weighted by molar-refractivity contribution is -0.160. The van der Waals surface area contributed by atoms with Gasteiger partial charge in [-0.1, -0.05) is 18.6 Å². The summed E-state index contributed by atoms with van der Waals surface area (Å²) in [6, 6.07) is 6.13. The molecule has 2 fully saturated rings. The van der Waals surface area contributed by atoms with Crippen LogP contribution in [0.2, 0.25) is 0 Å². The first-order valence-electron chi connectivity index (χ1n) is 9.07. The Morgan fingerprint density at radius 3 is 2.44 bits per heavy atom. The van der Waals surface area contributed by atoms with Crippen molar-refractivity contribution in [3.05, 3.63) is 29.8 Å². The molecule has 0 spiro atoms. The number of carbonyl (C=O) groups excluding carboxylic acids is 1. The van der Waals surface area contributed by atoms with Crippen LogP contribution in [-0.4, -0.2) is 73.0 Å². The molecule has 1 amide bonds. The van der Waals surface area contributed by atoms with E-state index >= 15 is 0 Å². The Labute approximate surface area is 158 Å². The van der Waals surface area contributed by atoms with Gasteiger partial charge in [0.05, 0.1) is 23.1 Å². The Morgan fingerprint density at radius 1 is 1.11 bits per heavy atom. The van der Waals surface area contributed by atoms with Crippen molar-refractivity contribution in [3.63, 3.8) is 0 Å². The third-order valence-corrected chi connectivity index (χ3v) is 6.83. The smallest absolute Gasteiger partial charge is 0.334 e. The third kappa shape index (κ3) is 4.15. The maximum atomic E-state index is 13.1. The molecule has 0 bridgehead atoms. The summed E-state index contributed by atoms with van der Waals surface area (Å²) < 4.78 is 32.9. The second-order valence-corrected chi connectivity index (χ2v) is 8.85. The number of benzene rings is 1. The summed E-state index contributed by atoms with van der Waals surface area (Å²) in [6.07, 6.45) is 1.03. The predicted molar refractivity (Wildman–Crippen MR) is 96.9 cm³/mol. The number of hydrogen-bond acceptors (Lipinski definition) is 5. The van der Waals surface area contributed by atoms with Gasteiger partial charge in [-0.15, -0.1) is 0 Å². The van der Waals surface area contributed by atoms with Crippen LogP contribution in [0.5, 0.6) is 0 Å². The van der Waals surface area contributed by atoms with Crippen molar-refractivity contribution in [2.75, 3.05) is 26.2 Å². The number of sulfonamides is 1. The molecule has 27 heavy (non-hydrogen) atoms. The van der Waals surface area contributed by atoms with Crippen LogP contribution in [0.3, 0.4) is 0 Å². The van der Waals surface area contributed by atoms with Crippen LogP contribution in [0.4, 0.5) is 0 Å². The number of morpholine rings is 1. The van der Waals surface area contributed by atoms with Crippen molar-refractivity contribution in [2.24, 2.45) is 0 Å². The summed E-state index contributed by atoms with van der Waals surface area (Å²) in [5.41, 5.74) is 0.0707. The van der Waals surface area contributed by atoms with Crippen LogP contribution < -0.4 is 0 Å².